The zero-order valence-electron chi connectivity index (χ0n) is 13.0. The van der Waals surface area contributed by atoms with E-state index < -0.39 is 0 Å². The Morgan fingerprint density at radius 3 is 1.23 bits per heavy atom. The molecule has 0 atom stereocenters. The van der Waals surface area contributed by atoms with Gasteiger partial charge in [0.25, 0.3) is 0 Å². The molecule has 0 aliphatic carbocycles. The van der Waals surface area contributed by atoms with E-state index in [0.29, 0.717) is 0 Å². The highest BCUT2D eigenvalue weighted by molar-refractivity contribution is 5.70. The molecule has 0 aliphatic heterocycles. The summed E-state index contributed by atoms with van der Waals surface area (Å²) >= 11 is 0. The molecule has 0 bridgehead atoms. The van der Waals surface area contributed by atoms with Crippen LogP contribution >= 0.6 is 0 Å². The first-order chi connectivity index (χ1) is 10.8. The van der Waals surface area contributed by atoms with Gasteiger partial charge < -0.3 is 9.80 Å². The Bertz CT molecular complexity index is 662. The van der Waals surface area contributed by atoms with Crippen molar-refractivity contribution in [3.63, 3.8) is 0 Å². The van der Waals surface area contributed by atoms with E-state index in [-0.39, 0.29) is 0 Å². The molecular weight excluding hydrogens is 268 g/mol. The number of hydrogen-bond acceptors (Lipinski definition) is 2. The van der Waals surface area contributed by atoms with Crippen molar-refractivity contribution in [1.82, 2.24) is 0 Å². The molecule has 3 aromatic rings. The summed E-state index contributed by atoms with van der Waals surface area (Å²) < 4.78 is 0. The maximum Gasteiger partial charge on any atom is 0.0429 e. The van der Waals surface area contributed by atoms with Gasteiger partial charge in [-0.3, -0.25) is 0 Å². The summed E-state index contributed by atoms with van der Waals surface area (Å²) in [6.07, 6.45) is 0. The number of benzene rings is 3. The SMILES string of the molecule is CN(c1ccccc1)c1cccc(N(C)c2ccccc2)c1. The van der Waals surface area contributed by atoms with Gasteiger partial charge in [-0.1, -0.05) is 42.5 Å². The van der Waals surface area contributed by atoms with Crippen LogP contribution in [0.2, 0.25) is 0 Å². The maximum absolute atomic E-state index is 2.21. The topological polar surface area (TPSA) is 6.48 Å². The molecule has 0 aromatic heterocycles. The lowest BCUT2D eigenvalue weighted by Crippen LogP contribution is -2.12. The lowest BCUT2D eigenvalue weighted by molar-refractivity contribution is 1.18. The normalized spacial score (nSPS) is 10.3. The summed E-state index contributed by atoms with van der Waals surface area (Å²) in [5.41, 5.74) is 4.71. The highest BCUT2D eigenvalue weighted by Gasteiger charge is 2.07. The minimum Gasteiger partial charge on any atom is -0.345 e. The Hall–Kier alpha value is -2.74. The highest BCUT2D eigenvalue weighted by Crippen LogP contribution is 2.29. The van der Waals surface area contributed by atoms with Crippen molar-refractivity contribution < 1.29 is 0 Å². The molecule has 22 heavy (non-hydrogen) atoms. The third-order valence-corrected chi connectivity index (χ3v) is 3.89. The monoisotopic (exact) mass is 288 g/mol. The van der Waals surface area contributed by atoms with Crippen LogP contribution in [0.4, 0.5) is 22.7 Å². The van der Waals surface area contributed by atoms with Crippen LogP contribution in [0.15, 0.2) is 84.9 Å². The summed E-state index contributed by atoms with van der Waals surface area (Å²) in [5.74, 6) is 0. The summed E-state index contributed by atoms with van der Waals surface area (Å²) in [7, 11) is 4.19. The minimum absolute atomic E-state index is 1.17. The summed E-state index contributed by atoms with van der Waals surface area (Å²) in [4.78, 5) is 4.39. The second-order valence-electron chi connectivity index (χ2n) is 5.31. The number of anilines is 4. The standard InChI is InChI=1S/C20H20N2/c1-21(17-10-5-3-6-11-17)19-14-9-15-20(16-19)22(2)18-12-7-4-8-13-18/h3-16H,1-2H3. The predicted molar refractivity (Wildman–Crippen MR) is 95.5 cm³/mol. The summed E-state index contributed by atoms with van der Waals surface area (Å²) in [6, 6.07) is 29.4. The van der Waals surface area contributed by atoms with E-state index in [1.54, 1.807) is 0 Å². The molecule has 2 heteroatoms. The molecule has 0 unspecified atom stereocenters. The van der Waals surface area contributed by atoms with Gasteiger partial charge in [-0.25, -0.2) is 0 Å². The third-order valence-electron chi connectivity index (χ3n) is 3.89. The quantitative estimate of drug-likeness (QED) is 0.649. The van der Waals surface area contributed by atoms with Crippen molar-refractivity contribution in [1.29, 1.82) is 0 Å². The van der Waals surface area contributed by atoms with Crippen LogP contribution < -0.4 is 9.80 Å². The Morgan fingerprint density at radius 1 is 0.455 bits per heavy atom. The molecule has 0 amide bonds. The van der Waals surface area contributed by atoms with Gasteiger partial charge in [0, 0.05) is 36.8 Å². The van der Waals surface area contributed by atoms with Crippen LogP contribution in [-0.2, 0) is 0 Å². The summed E-state index contributed by atoms with van der Waals surface area (Å²) in [6.45, 7) is 0. The number of hydrogen-bond donors (Lipinski definition) is 0. The van der Waals surface area contributed by atoms with Crippen molar-refractivity contribution in [3.8, 4) is 0 Å². The molecule has 2 nitrogen and oxygen atoms in total. The van der Waals surface area contributed by atoms with Gasteiger partial charge in [-0.05, 0) is 42.5 Å². The Balaban J connectivity index is 1.90. The van der Waals surface area contributed by atoms with Gasteiger partial charge in [0.2, 0.25) is 0 Å². The zero-order valence-corrected chi connectivity index (χ0v) is 13.0. The number of rotatable bonds is 4. The lowest BCUT2D eigenvalue weighted by Gasteiger charge is -2.24. The predicted octanol–water partition coefficient (Wildman–Crippen LogP) is 5.22. The van der Waals surface area contributed by atoms with Gasteiger partial charge in [-0.15, -0.1) is 0 Å². The van der Waals surface area contributed by atoms with Gasteiger partial charge >= 0.3 is 0 Å². The van der Waals surface area contributed by atoms with Crippen LogP contribution in [0.3, 0.4) is 0 Å². The average Bonchev–Trinajstić information content (AvgIpc) is 2.62. The Labute approximate surface area is 132 Å². The fourth-order valence-electron chi connectivity index (χ4n) is 2.51. The first-order valence-electron chi connectivity index (χ1n) is 7.43. The lowest BCUT2D eigenvalue weighted by atomic mass is 10.2. The smallest absolute Gasteiger partial charge is 0.0429 e. The Kier molecular flexibility index (Phi) is 4.10. The fourth-order valence-corrected chi connectivity index (χ4v) is 2.51. The van der Waals surface area contributed by atoms with Crippen LogP contribution in [0, 0.1) is 0 Å². The summed E-state index contributed by atoms with van der Waals surface area (Å²) in [5, 5.41) is 0. The second-order valence-corrected chi connectivity index (χ2v) is 5.31. The van der Waals surface area contributed by atoms with Gasteiger partial charge in [0.15, 0.2) is 0 Å². The molecule has 0 N–H and O–H groups in total. The first kappa shape index (κ1) is 14.2. The van der Waals surface area contributed by atoms with E-state index in [4.69, 9.17) is 0 Å². The molecule has 3 rings (SSSR count). The zero-order chi connectivity index (χ0) is 15.4. The molecule has 0 saturated carbocycles. The van der Waals surface area contributed by atoms with Crippen molar-refractivity contribution in [2.24, 2.45) is 0 Å². The van der Waals surface area contributed by atoms with E-state index in [0.717, 1.165) is 0 Å². The molecule has 3 aromatic carbocycles. The molecule has 0 aliphatic rings. The van der Waals surface area contributed by atoms with Crippen molar-refractivity contribution in [2.45, 2.75) is 0 Å². The van der Waals surface area contributed by atoms with E-state index in [1.807, 2.05) is 12.1 Å². The molecule has 0 fully saturated rings. The van der Waals surface area contributed by atoms with Crippen molar-refractivity contribution in [2.75, 3.05) is 23.9 Å². The Morgan fingerprint density at radius 2 is 0.818 bits per heavy atom. The molecule has 0 spiro atoms. The van der Waals surface area contributed by atoms with Crippen molar-refractivity contribution in [3.05, 3.63) is 84.9 Å². The number of para-hydroxylation sites is 2. The van der Waals surface area contributed by atoms with Gasteiger partial charge in [0.1, 0.15) is 0 Å². The van der Waals surface area contributed by atoms with Crippen LogP contribution in [0.5, 0.6) is 0 Å². The number of nitrogens with zero attached hydrogens (tertiary/aromatic N) is 2. The molecule has 0 saturated heterocycles. The van der Waals surface area contributed by atoms with Crippen LogP contribution in [-0.4, -0.2) is 14.1 Å². The molecule has 0 radical (unpaired) electrons. The second kappa shape index (κ2) is 6.35. The van der Waals surface area contributed by atoms with E-state index in [2.05, 4.69) is 96.7 Å². The first-order valence-corrected chi connectivity index (χ1v) is 7.43. The molecular formula is C20H20N2. The van der Waals surface area contributed by atoms with E-state index >= 15 is 0 Å². The van der Waals surface area contributed by atoms with Crippen LogP contribution in [0.25, 0.3) is 0 Å². The van der Waals surface area contributed by atoms with Gasteiger partial charge in [0.05, 0.1) is 0 Å². The maximum atomic E-state index is 2.21. The van der Waals surface area contributed by atoms with Gasteiger partial charge in [-0.2, -0.15) is 0 Å². The molecule has 110 valence electrons. The largest absolute Gasteiger partial charge is 0.345 e. The van der Waals surface area contributed by atoms with E-state index in [1.165, 1.54) is 22.7 Å². The highest BCUT2D eigenvalue weighted by atomic mass is 15.1. The van der Waals surface area contributed by atoms with E-state index in [9.17, 15) is 0 Å². The average molecular weight is 288 g/mol. The molecule has 0 heterocycles. The fraction of sp³-hybridized carbons (Fsp3) is 0.100. The van der Waals surface area contributed by atoms with Crippen LogP contribution in [0.1, 0.15) is 0 Å². The van der Waals surface area contributed by atoms with Crippen molar-refractivity contribution >= 4 is 22.7 Å². The minimum atomic E-state index is 1.17. The third kappa shape index (κ3) is 2.96.